The van der Waals surface area contributed by atoms with Crippen molar-refractivity contribution in [2.75, 3.05) is 0 Å². The quantitative estimate of drug-likeness (QED) is 0.354. The minimum Gasteiger partial charge on any atom is -0.273 e. The SMILES string of the molecule is CC(C)(I)/N=C\c1nccs1. The van der Waals surface area contributed by atoms with Crippen LogP contribution >= 0.6 is 33.9 Å². The molecule has 1 aromatic rings. The van der Waals surface area contributed by atoms with Crippen LogP contribution in [0.15, 0.2) is 16.6 Å². The van der Waals surface area contributed by atoms with Crippen molar-refractivity contribution < 1.29 is 0 Å². The third-order valence-electron chi connectivity index (χ3n) is 0.933. The van der Waals surface area contributed by atoms with Gasteiger partial charge in [0.25, 0.3) is 0 Å². The van der Waals surface area contributed by atoms with E-state index in [1.807, 2.05) is 11.6 Å². The molecule has 0 bridgehead atoms. The van der Waals surface area contributed by atoms with Crippen LogP contribution in [-0.4, -0.2) is 14.7 Å². The van der Waals surface area contributed by atoms with Crippen LogP contribution in [0.1, 0.15) is 18.9 Å². The van der Waals surface area contributed by atoms with Crippen LogP contribution in [0.4, 0.5) is 0 Å². The van der Waals surface area contributed by atoms with Gasteiger partial charge in [0.15, 0.2) is 0 Å². The summed E-state index contributed by atoms with van der Waals surface area (Å²) in [6.07, 6.45) is 3.60. The fraction of sp³-hybridized carbons (Fsp3) is 0.429. The lowest BCUT2D eigenvalue weighted by Gasteiger charge is -2.07. The van der Waals surface area contributed by atoms with Gasteiger partial charge < -0.3 is 0 Å². The fourth-order valence-electron chi connectivity index (χ4n) is 0.507. The monoisotopic (exact) mass is 280 g/mol. The Kier molecular flexibility index (Phi) is 3.00. The molecule has 0 amide bonds. The Morgan fingerprint density at radius 1 is 1.73 bits per heavy atom. The van der Waals surface area contributed by atoms with Gasteiger partial charge in [0.05, 0.1) is 6.21 Å². The van der Waals surface area contributed by atoms with Crippen molar-refractivity contribution in [3.8, 4) is 0 Å². The van der Waals surface area contributed by atoms with Gasteiger partial charge in [-0.25, -0.2) is 4.98 Å². The minimum atomic E-state index is -0.0244. The molecule has 0 aliphatic carbocycles. The average Bonchev–Trinajstić information content (AvgIpc) is 2.32. The number of hydrogen-bond donors (Lipinski definition) is 0. The number of thiazole rings is 1. The second-order valence-electron chi connectivity index (χ2n) is 2.54. The molecular formula is C7H9IN2S. The van der Waals surface area contributed by atoms with Gasteiger partial charge >= 0.3 is 0 Å². The molecule has 0 atom stereocenters. The van der Waals surface area contributed by atoms with Gasteiger partial charge in [-0.1, -0.05) is 22.6 Å². The third-order valence-corrected chi connectivity index (χ3v) is 1.92. The van der Waals surface area contributed by atoms with Crippen molar-refractivity contribution in [3.63, 3.8) is 0 Å². The van der Waals surface area contributed by atoms with Crippen LogP contribution in [0.25, 0.3) is 0 Å². The Bertz CT molecular complexity index is 235. The van der Waals surface area contributed by atoms with E-state index in [0.29, 0.717) is 0 Å². The molecule has 0 unspecified atom stereocenters. The zero-order chi connectivity index (χ0) is 8.32. The Labute approximate surface area is 83.9 Å². The highest BCUT2D eigenvalue weighted by Crippen LogP contribution is 2.17. The van der Waals surface area contributed by atoms with E-state index in [-0.39, 0.29) is 3.55 Å². The molecule has 0 saturated carbocycles. The highest BCUT2D eigenvalue weighted by molar-refractivity contribution is 14.1. The van der Waals surface area contributed by atoms with Crippen molar-refractivity contribution >= 4 is 40.1 Å². The molecule has 0 fully saturated rings. The van der Waals surface area contributed by atoms with E-state index >= 15 is 0 Å². The maximum atomic E-state index is 4.31. The topological polar surface area (TPSA) is 25.2 Å². The Balaban J connectivity index is 2.63. The first-order valence-corrected chi connectivity index (χ1v) is 5.17. The van der Waals surface area contributed by atoms with Crippen LogP contribution in [0, 0.1) is 0 Å². The molecule has 2 nitrogen and oxygen atoms in total. The summed E-state index contributed by atoms with van der Waals surface area (Å²) >= 11 is 3.88. The van der Waals surface area contributed by atoms with Gasteiger partial charge in [-0.05, 0) is 13.8 Å². The summed E-state index contributed by atoms with van der Waals surface area (Å²) in [7, 11) is 0. The predicted octanol–water partition coefficient (Wildman–Crippen LogP) is 2.73. The number of aromatic nitrogens is 1. The number of aliphatic imine (C=N–C) groups is 1. The highest BCUT2D eigenvalue weighted by atomic mass is 127. The Morgan fingerprint density at radius 2 is 2.45 bits per heavy atom. The van der Waals surface area contributed by atoms with E-state index in [1.54, 1.807) is 17.5 Å². The fourth-order valence-corrected chi connectivity index (χ4v) is 1.14. The van der Waals surface area contributed by atoms with E-state index in [2.05, 4.69) is 46.4 Å². The summed E-state index contributed by atoms with van der Waals surface area (Å²) in [5, 5.41) is 2.91. The molecule has 11 heavy (non-hydrogen) atoms. The average molecular weight is 280 g/mol. The number of alkyl halides is 1. The van der Waals surface area contributed by atoms with Crippen molar-refractivity contribution in [3.05, 3.63) is 16.6 Å². The van der Waals surface area contributed by atoms with Gasteiger partial charge in [-0.15, -0.1) is 11.3 Å². The lowest BCUT2D eigenvalue weighted by atomic mass is 10.4. The van der Waals surface area contributed by atoms with Gasteiger partial charge in [0, 0.05) is 11.6 Å². The smallest absolute Gasteiger partial charge is 0.133 e. The normalized spacial score (nSPS) is 12.6. The summed E-state index contributed by atoms with van der Waals surface area (Å²) in [6.45, 7) is 4.11. The van der Waals surface area contributed by atoms with Gasteiger partial charge in [0.1, 0.15) is 8.55 Å². The number of hydrogen-bond acceptors (Lipinski definition) is 3. The molecule has 4 heteroatoms. The summed E-state index contributed by atoms with van der Waals surface area (Å²) < 4.78 is -0.0244. The van der Waals surface area contributed by atoms with Crippen LogP contribution in [0.3, 0.4) is 0 Å². The van der Waals surface area contributed by atoms with Gasteiger partial charge in [-0.2, -0.15) is 0 Å². The summed E-state index contributed by atoms with van der Waals surface area (Å²) in [5.41, 5.74) is 0. The molecule has 0 radical (unpaired) electrons. The maximum Gasteiger partial charge on any atom is 0.133 e. The number of nitrogens with zero attached hydrogens (tertiary/aromatic N) is 2. The van der Waals surface area contributed by atoms with Crippen molar-refractivity contribution in [1.82, 2.24) is 4.98 Å². The molecule has 1 heterocycles. The second-order valence-corrected chi connectivity index (χ2v) is 6.10. The maximum absolute atomic E-state index is 4.31. The van der Waals surface area contributed by atoms with E-state index < -0.39 is 0 Å². The first kappa shape index (κ1) is 9.12. The van der Waals surface area contributed by atoms with E-state index in [9.17, 15) is 0 Å². The zero-order valence-electron chi connectivity index (χ0n) is 6.41. The second kappa shape index (κ2) is 3.62. The molecule has 1 aromatic heterocycles. The molecule has 1 rings (SSSR count). The van der Waals surface area contributed by atoms with E-state index in [0.717, 1.165) is 5.01 Å². The molecule has 60 valence electrons. The van der Waals surface area contributed by atoms with Crippen molar-refractivity contribution in [2.24, 2.45) is 4.99 Å². The minimum absolute atomic E-state index is 0.0244. The van der Waals surface area contributed by atoms with Crippen LogP contribution in [0.5, 0.6) is 0 Å². The van der Waals surface area contributed by atoms with Crippen LogP contribution in [-0.2, 0) is 0 Å². The number of rotatable bonds is 2. The lowest BCUT2D eigenvalue weighted by molar-refractivity contribution is 0.806. The molecule has 0 aliphatic rings. The largest absolute Gasteiger partial charge is 0.273 e. The van der Waals surface area contributed by atoms with E-state index in [4.69, 9.17) is 0 Å². The standard InChI is InChI=1S/C7H9IN2S/c1-7(2,8)10-5-6-9-3-4-11-6/h3-5H,1-2H3/b10-5-. The summed E-state index contributed by atoms with van der Waals surface area (Å²) in [4.78, 5) is 8.39. The van der Waals surface area contributed by atoms with Gasteiger partial charge in [-0.3, -0.25) is 4.99 Å². The Hall–Kier alpha value is 0.0300. The molecule has 0 N–H and O–H groups in total. The molecule has 0 aliphatic heterocycles. The predicted molar refractivity (Wildman–Crippen MR) is 57.8 cm³/mol. The third kappa shape index (κ3) is 3.81. The first-order chi connectivity index (χ1) is 5.08. The summed E-state index contributed by atoms with van der Waals surface area (Å²) in [5.74, 6) is 0. The van der Waals surface area contributed by atoms with Crippen LogP contribution in [0.2, 0.25) is 0 Å². The first-order valence-electron chi connectivity index (χ1n) is 3.21. The zero-order valence-corrected chi connectivity index (χ0v) is 9.39. The van der Waals surface area contributed by atoms with Crippen molar-refractivity contribution in [2.45, 2.75) is 17.4 Å². The molecule has 0 spiro atoms. The van der Waals surface area contributed by atoms with E-state index in [1.165, 1.54) is 0 Å². The molecule has 0 aromatic carbocycles. The molecule has 0 saturated heterocycles. The highest BCUT2D eigenvalue weighted by Gasteiger charge is 2.07. The summed E-state index contributed by atoms with van der Waals surface area (Å²) in [6, 6.07) is 0. The Morgan fingerprint density at radius 3 is 2.91 bits per heavy atom. The molecular weight excluding hydrogens is 271 g/mol. The number of halogens is 1. The van der Waals surface area contributed by atoms with Crippen molar-refractivity contribution in [1.29, 1.82) is 0 Å². The van der Waals surface area contributed by atoms with Crippen LogP contribution < -0.4 is 0 Å². The van der Waals surface area contributed by atoms with Gasteiger partial charge in [0.2, 0.25) is 0 Å². The lowest BCUT2D eigenvalue weighted by Crippen LogP contribution is -2.03.